The lowest BCUT2D eigenvalue weighted by molar-refractivity contribution is -0.855. The molecule has 1 aliphatic rings. The molecule has 0 spiro atoms. The van der Waals surface area contributed by atoms with E-state index in [0.717, 1.165) is 38.8 Å². The van der Waals surface area contributed by atoms with Crippen LogP contribution in [0.4, 0.5) is 4.79 Å². The van der Waals surface area contributed by atoms with Crippen molar-refractivity contribution in [3.63, 3.8) is 0 Å². The third-order valence-electron chi connectivity index (χ3n) is 6.45. The van der Waals surface area contributed by atoms with Crippen molar-refractivity contribution >= 4 is 11.8 Å². The van der Waals surface area contributed by atoms with Gasteiger partial charge in [0.15, 0.2) is 0 Å². The largest absolute Gasteiger partial charge is 0.437 e. The summed E-state index contributed by atoms with van der Waals surface area (Å²) in [4.78, 5) is 39.1. The van der Waals surface area contributed by atoms with E-state index >= 15 is 0 Å². The number of nitrogens with zero attached hydrogens (tertiary/aromatic N) is 3. The molecule has 2 aromatic rings. The summed E-state index contributed by atoms with van der Waals surface area (Å²) in [7, 11) is 0. The number of benzene rings is 1. The van der Waals surface area contributed by atoms with Gasteiger partial charge in [-0.05, 0) is 43.1 Å². The highest BCUT2D eigenvalue weighted by Crippen LogP contribution is 2.22. The Balaban J connectivity index is 1.79. The molecular weight excluding hydrogens is 432 g/mol. The Morgan fingerprint density at radius 1 is 1.06 bits per heavy atom. The quantitative estimate of drug-likeness (QED) is 0.417. The molecule has 3 rings (SSSR count). The van der Waals surface area contributed by atoms with E-state index in [2.05, 4.69) is 22.5 Å². The van der Waals surface area contributed by atoms with Gasteiger partial charge >= 0.3 is 11.8 Å². The standard InChI is InChI=1S/C26H38N4O4/c1-19(2)17-22(23(31)24-28-29(18-20(3)4)26(33)34-24)27-25(32)30(14-9-6-10-15-30)16-13-21-11-7-5-8-12-21/h5,7-8,11-12,19-20,22H,6,9-10,13-18H2,1-4H3/p+1/t22-/m0/s1. The summed E-state index contributed by atoms with van der Waals surface area (Å²) in [5, 5.41) is 7.16. The first-order valence-electron chi connectivity index (χ1n) is 12.5. The fraction of sp³-hybridized carbons (Fsp3) is 0.615. The average Bonchev–Trinajstić information content (AvgIpc) is 3.17. The smallest absolute Gasteiger partial charge is 0.384 e. The normalized spacial score (nSPS) is 16.5. The highest BCUT2D eigenvalue weighted by atomic mass is 16.4. The van der Waals surface area contributed by atoms with Crippen molar-refractivity contribution in [1.29, 1.82) is 0 Å². The first-order valence-corrected chi connectivity index (χ1v) is 12.5. The lowest BCUT2D eigenvalue weighted by atomic mass is 9.99. The summed E-state index contributed by atoms with van der Waals surface area (Å²) in [6.45, 7) is 10.5. The zero-order valence-electron chi connectivity index (χ0n) is 21.0. The maximum atomic E-state index is 13.7. The van der Waals surface area contributed by atoms with Crippen LogP contribution >= 0.6 is 0 Å². The fourth-order valence-corrected chi connectivity index (χ4v) is 4.64. The molecule has 2 heterocycles. The molecule has 8 heteroatoms. The monoisotopic (exact) mass is 471 g/mol. The van der Waals surface area contributed by atoms with Crippen molar-refractivity contribution in [2.75, 3.05) is 19.6 Å². The van der Waals surface area contributed by atoms with E-state index in [0.29, 0.717) is 24.0 Å². The number of carbonyl (C=O) groups excluding carboxylic acids is 2. The zero-order valence-corrected chi connectivity index (χ0v) is 21.0. The molecule has 0 radical (unpaired) electrons. The summed E-state index contributed by atoms with van der Waals surface area (Å²) >= 11 is 0. The van der Waals surface area contributed by atoms with Gasteiger partial charge in [-0.25, -0.2) is 14.1 Å². The summed E-state index contributed by atoms with van der Waals surface area (Å²) in [5.74, 6) is -0.970. The molecule has 1 aromatic carbocycles. The molecular formula is C26H39N4O4+. The van der Waals surface area contributed by atoms with Gasteiger partial charge in [0.2, 0.25) is 5.78 Å². The second kappa shape index (κ2) is 11.6. The third-order valence-corrected chi connectivity index (χ3v) is 6.45. The fourth-order valence-electron chi connectivity index (χ4n) is 4.64. The zero-order chi connectivity index (χ0) is 24.7. The van der Waals surface area contributed by atoms with Crippen molar-refractivity contribution in [2.45, 2.75) is 72.4 Å². The minimum Gasteiger partial charge on any atom is -0.384 e. The van der Waals surface area contributed by atoms with E-state index in [1.165, 1.54) is 10.2 Å². The van der Waals surface area contributed by atoms with Crippen LogP contribution in [0.15, 0.2) is 39.5 Å². The van der Waals surface area contributed by atoms with Crippen molar-refractivity contribution in [2.24, 2.45) is 11.8 Å². The number of urea groups is 1. The Hall–Kier alpha value is -2.74. The highest BCUT2D eigenvalue weighted by Gasteiger charge is 2.41. The summed E-state index contributed by atoms with van der Waals surface area (Å²) in [6.07, 6.45) is 4.33. The summed E-state index contributed by atoms with van der Waals surface area (Å²) < 4.78 is 6.69. The van der Waals surface area contributed by atoms with E-state index in [1.807, 2.05) is 45.9 Å². The Labute approximate surface area is 201 Å². The molecule has 0 saturated carbocycles. The predicted molar refractivity (Wildman–Crippen MR) is 131 cm³/mol. The number of ketones is 1. The average molecular weight is 472 g/mol. The van der Waals surface area contributed by atoms with Crippen LogP contribution in [0.25, 0.3) is 0 Å². The highest BCUT2D eigenvalue weighted by molar-refractivity contribution is 5.97. The van der Waals surface area contributed by atoms with Crippen LogP contribution in [0.1, 0.15) is 69.6 Å². The van der Waals surface area contributed by atoms with E-state index in [9.17, 15) is 14.4 Å². The van der Waals surface area contributed by atoms with Gasteiger partial charge in [0.1, 0.15) is 6.04 Å². The molecule has 8 nitrogen and oxygen atoms in total. The van der Waals surface area contributed by atoms with Crippen LogP contribution < -0.4 is 11.1 Å². The lowest BCUT2D eigenvalue weighted by Gasteiger charge is -2.39. The molecule has 1 N–H and O–H groups in total. The maximum absolute atomic E-state index is 13.7. The molecule has 0 unspecified atom stereocenters. The molecule has 1 fully saturated rings. The van der Waals surface area contributed by atoms with Gasteiger partial charge < -0.3 is 4.42 Å². The van der Waals surface area contributed by atoms with Gasteiger partial charge in [-0.15, -0.1) is 5.10 Å². The number of Topliss-reactive ketones (excluding diaryl/α,β-unsaturated/α-hetero) is 1. The number of hydrogen-bond acceptors (Lipinski definition) is 5. The van der Waals surface area contributed by atoms with Crippen LogP contribution in [-0.2, 0) is 13.0 Å². The number of amides is 2. The Morgan fingerprint density at radius 3 is 2.35 bits per heavy atom. The number of carbonyl (C=O) groups is 2. The number of hydrogen-bond donors (Lipinski definition) is 1. The molecule has 1 saturated heterocycles. The molecule has 1 aromatic heterocycles. The van der Waals surface area contributed by atoms with E-state index in [4.69, 9.17) is 4.42 Å². The maximum Gasteiger partial charge on any atom is 0.437 e. The molecule has 1 atom stereocenters. The van der Waals surface area contributed by atoms with Crippen LogP contribution in [-0.4, -0.2) is 51.8 Å². The number of quaternary nitrogens is 1. The molecule has 1 aliphatic heterocycles. The lowest BCUT2D eigenvalue weighted by Crippen LogP contribution is -2.62. The van der Waals surface area contributed by atoms with E-state index in [1.54, 1.807) is 0 Å². The van der Waals surface area contributed by atoms with Gasteiger partial charge in [-0.1, -0.05) is 58.0 Å². The second-order valence-electron chi connectivity index (χ2n) is 10.4. The number of nitrogens with one attached hydrogen (secondary N) is 1. The molecule has 0 aliphatic carbocycles. The number of likely N-dealkylation sites (tertiary alicyclic amines) is 1. The van der Waals surface area contributed by atoms with Crippen molar-refractivity contribution in [1.82, 2.24) is 15.1 Å². The van der Waals surface area contributed by atoms with Crippen molar-refractivity contribution in [3.8, 4) is 0 Å². The van der Waals surface area contributed by atoms with Gasteiger partial charge in [0.25, 0.3) is 5.89 Å². The van der Waals surface area contributed by atoms with Crippen molar-refractivity contribution < 1.29 is 18.5 Å². The second-order valence-corrected chi connectivity index (χ2v) is 10.4. The first kappa shape index (κ1) is 25.9. The summed E-state index contributed by atoms with van der Waals surface area (Å²) in [5.41, 5.74) is 1.20. The van der Waals surface area contributed by atoms with Crippen molar-refractivity contribution in [3.05, 3.63) is 52.3 Å². The SMILES string of the molecule is CC(C)C[C@H](NC(=O)[N+]1(CCc2ccccc2)CCCCC1)C(=O)c1nn(CC(C)C)c(=O)o1. The van der Waals surface area contributed by atoms with Gasteiger partial charge in [-0.2, -0.15) is 4.68 Å². The van der Waals surface area contributed by atoms with E-state index < -0.39 is 17.6 Å². The van der Waals surface area contributed by atoms with Crippen LogP contribution in [0.3, 0.4) is 0 Å². The van der Waals surface area contributed by atoms with Crippen LogP contribution in [0.5, 0.6) is 0 Å². The Bertz CT molecular complexity index is 1000. The third kappa shape index (κ3) is 6.65. The molecule has 0 bridgehead atoms. The number of rotatable bonds is 10. The topological polar surface area (TPSA) is 94.2 Å². The minimum absolute atomic E-state index is 0.126. The number of aromatic nitrogens is 2. The first-order chi connectivity index (χ1) is 16.2. The molecule has 34 heavy (non-hydrogen) atoms. The molecule has 2 amide bonds. The van der Waals surface area contributed by atoms with E-state index in [-0.39, 0.29) is 23.8 Å². The number of piperidine rings is 1. The Kier molecular flexibility index (Phi) is 8.83. The van der Waals surface area contributed by atoms with Crippen LogP contribution in [0.2, 0.25) is 0 Å². The Morgan fingerprint density at radius 2 is 1.74 bits per heavy atom. The summed E-state index contributed by atoms with van der Waals surface area (Å²) in [6, 6.07) is 9.27. The van der Waals surface area contributed by atoms with Crippen LogP contribution in [0, 0.1) is 11.8 Å². The molecule has 186 valence electrons. The van der Waals surface area contributed by atoms with Gasteiger partial charge in [0, 0.05) is 6.42 Å². The van der Waals surface area contributed by atoms with Gasteiger partial charge in [-0.3, -0.25) is 10.1 Å². The predicted octanol–water partition coefficient (Wildman–Crippen LogP) is 4.04. The minimum atomic E-state index is -0.785. The van der Waals surface area contributed by atoms with Gasteiger partial charge in [0.05, 0.1) is 26.2 Å².